The number of amides is 4. The maximum absolute atomic E-state index is 12.6. The van der Waals surface area contributed by atoms with Gasteiger partial charge in [-0.2, -0.15) is 0 Å². The molecule has 4 amide bonds. The van der Waals surface area contributed by atoms with Gasteiger partial charge in [-0.25, -0.2) is 4.79 Å². The van der Waals surface area contributed by atoms with Crippen molar-refractivity contribution in [1.82, 2.24) is 20.7 Å². The molecule has 0 spiro atoms. The lowest BCUT2D eigenvalue weighted by molar-refractivity contribution is 0.0642. The fourth-order valence-corrected chi connectivity index (χ4v) is 4.75. The minimum absolute atomic E-state index is 0.0449. The molecular formula is C20H25N5O3. The molecule has 148 valence electrons. The highest BCUT2D eigenvalue weighted by Crippen LogP contribution is 2.35. The van der Waals surface area contributed by atoms with Gasteiger partial charge in [0.05, 0.1) is 11.1 Å². The smallest absolute Gasteiger partial charge is 0.321 e. The van der Waals surface area contributed by atoms with Crippen molar-refractivity contribution in [3.8, 4) is 0 Å². The molecule has 0 bridgehead atoms. The van der Waals surface area contributed by atoms with Crippen LogP contribution in [0.25, 0.3) is 0 Å². The highest BCUT2D eigenvalue weighted by atomic mass is 16.2. The monoisotopic (exact) mass is 383 g/mol. The normalized spacial score (nSPS) is 28.5. The molecular weight excluding hydrogens is 358 g/mol. The number of fused-ring (bicyclic) bond motifs is 2. The number of nitrogens with one attached hydrogen (secondary N) is 3. The molecule has 0 aromatic heterocycles. The number of hydrogen-bond donors (Lipinski definition) is 3. The minimum Gasteiger partial charge on any atom is -0.326 e. The van der Waals surface area contributed by atoms with E-state index in [9.17, 15) is 14.4 Å². The molecule has 8 nitrogen and oxygen atoms in total. The number of hydrazine groups is 1. The Kier molecular flexibility index (Phi) is 4.13. The van der Waals surface area contributed by atoms with Gasteiger partial charge in [-0.15, -0.1) is 0 Å². The van der Waals surface area contributed by atoms with Crippen LogP contribution in [0, 0.1) is 5.92 Å². The Hall–Kier alpha value is -2.45. The quantitative estimate of drug-likeness (QED) is 0.686. The minimum atomic E-state index is -0.250. The number of urea groups is 1. The average molecular weight is 383 g/mol. The molecule has 2 aliphatic heterocycles. The van der Waals surface area contributed by atoms with Crippen molar-refractivity contribution in [2.45, 2.75) is 50.2 Å². The summed E-state index contributed by atoms with van der Waals surface area (Å²) < 4.78 is 0. The number of rotatable bonds is 4. The van der Waals surface area contributed by atoms with Gasteiger partial charge in [0.25, 0.3) is 11.8 Å². The molecule has 1 saturated heterocycles. The van der Waals surface area contributed by atoms with Crippen LogP contribution in [-0.4, -0.2) is 59.4 Å². The Morgan fingerprint density at radius 2 is 1.93 bits per heavy atom. The third-order valence-corrected chi connectivity index (χ3v) is 6.44. The summed E-state index contributed by atoms with van der Waals surface area (Å²) in [6.07, 6.45) is 5.36. The van der Waals surface area contributed by atoms with Gasteiger partial charge < -0.3 is 10.2 Å². The van der Waals surface area contributed by atoms with Crippen LogP contribution in [0.15, 0.2) is 18.2 Å². The maximum Gasteiger partial charge on any atom is 0.321 e. The van der Waals surface area contributed by atoms with E-state index in [1.165, 1.54) is 24.2 Å². The zero-order valence-corrected chi connectivity index (χ0v) is 15.9. The van der Waals surface area contributed by atoms with Crippen LogP contribution in [0.4, 0.5) is 10.5 Å². The number of likely N-dealkylation sites (N-methyl/N-ethyl adjacent to an activating group) is 1. The number of nitrogens with zero attached hydrogens (tertiary/aromatic N) is 2. The molecule has 2 heterocycles. The maximum atomic E-state index is 12.6. The lowest BCUT2D eigenvalue weighted by atomic mass is 9.97. The second-order valence-electron chi connectivity index (χ2n) is 8.38. The number of benzene rings is 1. The SMILES string of the molecule is CN(CC1NNC2CCCC21)C(=O)Nc1ccc2c(c1)C(=O)N(C1CC1)C2=O. The average Bonchev–Trinajstić information content (AvgIpc) is 3.18. The van der Waals surface area contributed by atoms with Crippen LogP contribution >= 0.6 is 0 Å². The third-order valence-electron chi connectivity index (χ3n) is 6.44. The summed E-state index contributed by atoms with van der Waals surface area (Å²) in [4.78, 5) is 40.6. The fraction of sp³-hybridized carbons (Fsp3) is 0.550. The van der Waals surface area contributed by atoms with Gasteiger partial charge in [-0.3, -0.25) is 25.3 Å². The van der Waals surface area contributed by atoms with Gasteiger partial charge in [-0.05, 0) is 49.8 Å². The lowest BCUT2D eigenvalue weighted by Gasteiger charge is -2.24. The van der Waals surface area contributed by atoms with Crippen molar-refractivity contribution in [1.29, 1.82) is 0 Å². The zero-order chi connectivity index (χ0) is 19.4. The Balaban J connectivity index is 1.25. The largest absolute Gasteiger partial charge is 0.326 e. The van der Waals surface area contributed by atoms with Crippen molar-refractivity contribution in [3.05, 3.63) is 29.3 Å². The number of hydrogen-bond acceptors (Lipinski definition) is 5. The summed E-state index contributed by atoms with van der Waals surface area (Å²) in [5.41, 5.74) is 7.99. The number of carbonyl (C=O) groups excluding carboxylic acids is 3. The van der Waals surface area contributed by atoms with E-state index in [4.69, 9.17) is 0 Å². The Labute approximate surface area is 163 Å². The van der Waals surface area contributed by atoms with Gasteiger partial charge in [-0.1, -0.05) is 6.42 Å². The summed E-state index contributed by atoms with van der Waals surface area (Å²) in [5.74, 6) is 0.0937. The second-order valence-corrected chi connectivity index (χ2v) is 8.38. The first-order valence-corrected chi connectivity index (χ1v) is 10.1. The molecule has 3 N–H and O–H groups in total. The van der Waals surface area contributed by atoms with E-state index in [1.807, 2.05) is 0 Å². The number of carbonyl (C=O) groups is 3. The van der Waals surface area contributed by atoms with Gasteiger partial charge >= 0.3 is 6.03 Å². The Morgan fingerprint density at radius 3 is 2.71 bits per heavy atom. The molecule has 8 heteroatoms. The molecule has 3 unspecified atom stereocenters. The predicted molar refractivity (Wildman–Crippen MR) is 103 cm³/mol. The summed E-state index contributed by atoms with van der Waals surface area (Å²) in [7, 11) is 1.77. The molecule has 3 atom stereocenters. The van der Waals surface area contributed by atoms with E-state index < -0.39 is 0 Å². The van der Waals surface area contributed by atoms with Gasteiger partial charge in [0.2, 0.25) is 0 Å². The first-order valence-electron chi connectivity index (χ1n) is 10.1. The number of imide groups is 1. The standard InChI is InChI=1S/C20H25N5O3/c1-24(10-17-14-3-2-4-16(14)22-23-17)20(28)21-11-5-8-13-15(9-11)19(27)25(18(13)26)12-6-7-12/h5,8-9,12,14,16-17,22-23H,2-4,6-7,10H2,1H3,(H,21,28). The topological polar surface area (TPSA) is 93.8 Å². The summed E-state index contributed by atoms with van der Waals surface area (Å²) in [6.45, 7) is 0.609. The van der Waals surface area contributed by atoms with Crippen LogP contribution in [-0.2, 0) is 0 Å². The van der Waals surface area contributed by atoms with E-state index in [0.29, 0.717) is 35.3 Å². The van der Waals surface area contributed by atoms with Crippen molar-refractivity contribution < 1.29 is 14.4 Å². The molecule has 1 aromatic carbocycles. The summed E-state index contributed by atoms with van der Waals surface area (Å²) in [5, 5.41) is 2.86. The first kappa shape index (κ1) is 17.6. The van der Waals surface area contributed by atoms with Crippen molar-refractivity contribution in [2.75, 3.05) is 18.9 Å². The van der Waals surface area contributed by atoms with Crippen LogP contribution < -0.4 is 16.2 Å². The zero-order valence-electron chi connectivity index (χ0n) is 15.9. The van der Waals surface area contributed by atoms with Crippen molar-refractivity contribution in [2.24, 2.45) is 5.92 Å². The van der Waals surface area contributed by atoms with Crippen LogP contribution in [0.3, 0.4) is 0 Å². The van der Waals surface area contributed by atoms with Gasteiger partial charge in [0, 0.05) is 37.4 Å². The van der Waals surface area contributed by atoms with E-state index in [0.717, 1.165) is 12.8 Å². The van der Waals surface area contributed by atoms with E-state index in [2.05, 4.69) is 16.2 Å². The molecule has 2 aliphatic carbocycles. The van der Waals surface area contributed by atoms with E-state index in [1.54, 1.807) is 30.1 Å². The second kappa shape index (κ2) is 6.56. The first-order chi connectivity index (χ1) is 13.5. The summed E-state index contributed by atoms with van der Waals surface area (Å²) in [6, 6.07) is 5.52. The molecule has 2 saturated carbocycles. The molecule has 4 aliphatic rings. The molecule has 0 radical (unpaired) electrons. The van der Waals surface area contributed by atoms with Crippen LogP contribution in [0.2, 0.25) is 0 Å². The van der Waals surface area contributed by atoms with E-state index in [-0.39, 0.29) is 29.9 Å². The van der Waals surface area contributed by atoms with Crippen LogP contribution in [0.1, 0.15) is 52.8 Å². The third kappa shape index (κ3) is 2.87. The fourth-order valence-electron chi connectivity index (χ4n) is 4.75. The Bertz CT molecular complexity index is 852. The predicted octanol–water partition coefficient (Wildman–Crippen LogP) is 1.55. The van der Waals surface area contributed by atoms with Gasteiger partial charge in [0.1, 0.15) is 0 Å². The molecule has 1 aromatic rings. The van der Waals surface area contributed by atoms with Crippen molar-refractivity contribution in [3.63, 3.8) is 0 Å². The van der Waals surface area contributed by atoms with Crippen LogP contribution in [0.5, 0.6) is 0 Å². The molecule has 28 heavy (non-hydrogen) atoms. The highest BCUT2D eigenvalue weighted by molar-refractivity contribution is 6.22. The van der Waals surface area contributed by atoms with Crippen molar-refractivity contribution >= 4 is 23.5 Å². The number of anilines is 1. The highest BCUT2D eigenvalue weighted by Gasteiger charge is 2.44. The summed E-state index contributed by atoms with van der Waals surface area (Å²) >= 11 is 0. The Morgan fingerprint density at radius 1 is 1.14 bits per heavy atom. The lowest BCUT2D eigenvalue weighted by Crippen LogP contribution is -2.44. The van der Waals surface area contributed by atoms with E-state index >= 15 is 0 Å². The van der Waals surface area contributed by atoms with Gasteiger partial charge in [0.15, 0.2) is 0 Å². The molecule has 3 fully saturated rings. The molecule has 5 rings (SSSR count).